The minimum atomic E-state index is -0.531. The lowest BCUT2D eigenvalue weighted by atomic mass is 10.0. The van der Waals surface area contributed by atoms with Crippen LogP contribution < -0.4 is 11.1 Å². The Morgan fingerprint density at radius 1 is 1.26 bits per heavy atom. The maximum Gasteiger partial charge on any atom is 0.238 e. The number of rotatable bonds is 0. The van der Waals surface area contributed by atoms with Crippen molar-refractivity contribution in [1.29, 1.82) is 0 Å². The largest absolute Gasteiger partial charge is 0.343 e. The van der Waals surface area contributed by atoms with Crippen molar-refractivity contribution in [1.82, 2.24) is 14.8 Å². The predicted molar refractivity (Wildman–Crippen MR) is 93.1 cm³/mol. The van der Waals surface area contributed by atoms with E-state index in [1.807, 2.05) is 11.9 Å². The molecule has 5 heteroatoms. The molecule has 0 fully saturated rings. The zero-order valence-corrected chi connectivity index (χ0v) is 13.7. The number of nitrogens with zero attached hydrogens (tertiary/aromatic N) is 2. The second-order valence-electron chi connectivity index (χ2n) is 6.35. The van der Waals surface area contributed by atoms with Crippen LogP contribution >= 0.6 is 0 Å². The van der Waals surface area contributed by atoms with E-state index in [9.17, 15) is 4.79 Å². The number of aromatic nitrogens is 1. The molecule has 0 saturated carbocycles. The van der Waals surface area contributed by atoms with Crippen LogP contribution in [0.2, 0.25) is 0 Å². The van der Waals surface area contributed by atoms with Gasteiger partial charge in [0.1, 0.15) is 0 Å². The fraction of sp³-hybridized carbons (Fsp3) is 0.389. The number of hydrogen-bond donors (Lipinski definition) is 2. The lowest BCUT2D eigenvalue weighted by molar-refractivity contribution is -0.122. The SMILES string of the molecule is Cc1ccc2c(c1)c1cn2C/C=C/CN(C)CNC(=O)C(N)C1. The highest BCUT2D eigenvalue weighted by atomic mass is 16.2. The van der Waals surface area contributed by atoms with Crippen LogP contribution in [0.15, 0.2) is 36.5 Å². The van der Waals surface area contributed by atoms with E-state index in [-0.39, 0.29) is 5.91 Å². The molecule has 2 bridgehead atoms. The van der Waals surface area contributed by atoms with Crippen molar-refractivity contribution >= 4 is 16.8 Å². The Kier molecular flexibility index (Phi) is 4.50. The predicted octanol–water partition coefficient (Wildman–Crippen LogP) is 1.39. The summed E-state index contributed by atoms with van der Waals surface area (Å²) in [5.74, 6) is -0.103. The molecular weight excluding hydrogens is 288 g/mol. The standard InChI is InChI=1S/C18H24N4O/c1-13-5-6-17-15(9-13)14-10-16(19)18(23)20-12-21(2)7-3-4-8-22(17)11-14/h3-6,9,11,16H,7-8,10,12,19H2,1-2H3,(H,20,23)/b4-3+. The molecule has 2 heterocycles. The average molecular weight is 312 g/mol. The van der Waals surface area contributed by atoms with E-state index in [1.165, 1.54) is 16.5 Å². The molecule has 0 radical (unpaired) electrons. The molecule has 2 aromatic rings. The highest BCUT2D eigenvalue weighted by Crippen LogP contribution is 2.24. The number of aryl methyl sites for hydroxylation is 1. The maximum absolute atomic E-state index is 12.2. The van der Waals surface area contributed by atoms with Crippen molar-refractivity contribution in [2.45, 2.75) is 25.9 Å². The molecule has 1 aromatic heterocycles. The number of nitrogens with two attached hydrogens (primary N) is 1. The fourth-order valence-electron chi connectivity index (χ4n) is 2.98. The van der Waals surface area contributed by atoms with E-state index in [4.69, 9.17) is 5.73 Å². The molecule has 122 valence electrons. The van der Waals surface area contributed by atoms with Crippen molar-refractivity contribution in [3.63, 3.8) is 0 Å². The first-order chi connectivity index (χ1) is 11.0. The molecule has 1 unspecified atom stereocenters. The summed E-state index contributed by atoms with van der Waals surface area (Å²) < 4.78 is 2.23. The van der Waals surface area contributed by atoms with Crippen LogP contribution in [0.25, 0.3) is 10.9 Å². The Morgan fingerprint density at radius 2 is 2.04 bits per heavy atom. The zero-order valence-electron chi connectivity index (χ0n) is 13.7. The van der Waals surface area contributed by atoms with E-state index in [0.717, 1.165) is 18.7 Å². The van der Waals surface area contributed by atoms with Crippen LogP contribution in [0.3, 0.4) is 0 Å². The van der Waals surface area contributed by atoms with Crippen LogP contribution in [0, 0.1) is 6.92 Å². The van der Waals surface area contributed by atoms with Crippen molar-refractivity contribution in [3.05, 3.63) is 47.7 Å². The number of allylic oxidation sites excluding steroid dienone is 1. The van der Waals surface area contributed by atoms with Gasteiger partial charge in [0.25, 0.3) is 0 Å². The molecule has 1 amide bonds. The van der Waals surface area contributed by atoms with Crippen molar-refractivity contribution in [2.75, 3.05) is 20.3 Å². The van der Waals surface area contributed by atoms with Crippen molar-refractivity contribution in [3.8, 4) is 0 Å². The van der Waals surface area contributed by atoms with Gasteiger partial charge in [0.15, 0.2) is 0 Å². The topological polar surface area (TPSA) is 63.3 Å². The van der Waals surface area contributed by atoms with Gasteiger partial charge in [0.2, 0.25) is 5.91 Å². The van der Waals surface area contributed by atoms with Crippen LogP contribution in [0.5, 0.6) is 0 Å². The summed E-state index contributed by atoms with van der Waals surface area (Å²) in [6.45, 7) is 4.21. The van der Waals surface area contributed by atoms with Gasteiger partial charge in [-0.3, -0.25) is 9.69 Å². The van der Waals surface area contributed by atoms with Gasteiger partial charge in [-0.15, -0.1) is 0 Å². The summed E-state index contributed by atoms with van der Waals surface area (Å²) in [6, 6.07) is 5.91. The number of hydrogen-bond acceptors (Lipinski definition) is 3. The molecule has 0 spiro atoms. The highest BCUT2D eigenvalue weighted by Gasteiger charge is 2.18. The minimum absolute atomic E-state index is 0.103. The molecule has 1 aliphatic rings. The first-order valence-corrected chi connectivity index (χ1v) is 8.00. The summed E-state index contributed by atoms with van der Waals surface area (Å²) in [5, 5.41) is 4.09. The van der Waals surface area contributed by atoms with Crippen LogP contribution in [-0.2, 0) is 17.8 Å². The lowest BCUT2D eigenvalue weighted by Gasteiger charge is -2.17. The monoisotopic (exact) mass is 312 g/mol. The summed E-state index contributed by atoms with van der Waals surface area (Å²) in [5.41, 5.74) is 9.65. The third-order valence-electron chi connectivity index (χ3n) is 4.30. The van der Waals surface area contributed by atoms with E-state index < -0.39 is 6.04 Å². The molecule has 3 rings (SSSR count). The molecule has 1 aromatic carbocycles. The van der Waals surface area contributed by atoms with Gasteiger partial charge in [-0.25, -0.2) is 0 Å². The second-order valence-corrected chi connectivity index (χ2v) is 6.35. The minimum Gasteiger partial charge on any atom is -0.343 e. The van der Waals surface area contributed by atoms with Gasteiger partial charge in [-0.2, -0.15) is 0 Å². The molecule has 5 nitrogen and oxygen atoms in total. The normalized spacial score (nSPS) is 22.0. The van der Waals surface area contributed by atoms with Gasteiger partial charge in [-0.1, -0.05) is 23.8 Å². The van der Waals surface area contributed by atoms with E-state index >= 15 is 0 Å². The highest BCUT2D eigenvalue weighted by molar-refractivity contribution is 5.87. The zero-order chi connectivity index (χ0) is 16.4. The quantitative estimate of drug-likeness (QED) is 0.723. The lowest BCUT2D eigenvalue weighted by Crippen LogP contribution is -2.45. The molecular formula is C18H24N4O. The van der Waals surface area contributed by atoms with E-state index in [0.29, 0.717) is 13.1 Å². The van der Waals surface area contributed by atoms with Crippen LogP contribution in [-0.4, -0.2) is 41.7 Å². The smallest absolute Gasteiger partial charge is 0.238 e. The van der Waals surface area contributed by atoms with Gasteiger partial charge in [0.05, 0.1) is 12.7 Å². The second kappa shape index (κ2) is 6.56. The number of carbonyl (C=O) groups excluding carboxylic acids is 1. The van der Waals surface area contributed by atoms with Gasteiger partial charge in [0, 0.05) is 30.2 Å². The molecule has 23 heavy (non-hydrogen) atoms. The van der Waals surface area contributed by atoms with E-state index in [2.05, 4.69) is 53.4 Å². The number of carbonyl (C=O) groups is 1. The number of fused-ring (bicyclic) bond motifs is 5. The summed E-state index contributed by atoms with van der Waals surface area (Å²) in [7, 11) is 1.97. The molecule has 0 aliphatic carbocycles. The Balaban J connectivity index is 2.02. The number of likely N-dealkylation sites (N-methyl/N-ethyl adjacent to an activating group) is 1. The summed E-state index contributed by atoms with van der Waals surface area (Å²) in [4.78, 5) is 14.2. The Bertz CT molecular complexity index is 747. The number of amides is 1. The summed E-state index contributed by atoms with van der Waals surface area (Å²) >= 11 is 0. The van der Waals surface area contributed by atoms with Crippen LogP contribution in [0.4, 0.5) is 0 Å². The Labute approximate surface area is 136 Å². The van der Waals surface area contributed by atoms with Gasteiger partial charge >= 0.3 is 0 Å². The van der Waals surface area contributed by atoms with E-state index in [1.54, 1.807) is 0 Å². The molecule has 0 saturated heterocycles. The van der Waals surface area contributed by atoms with Crippen molar-refractivity contribution in [2.24, 2.45) is 5.73 Å². The first kappa shape index (κ1) is 15.8. The Morgan fingerprint density at radius 3 is 2.87 bits per heavy atom. The fourth-order valence-corrected chi connectivity index (χ4v) is 2.98. The maximum atomic E-state index is 12.2. The summed E-state index contributed by atoms with van der Waals surface area (Å²) in [6.07, 6.45) is 6.97. The first-order valence-electron chi connectivity index (χ1n) is 8.00. The van der Waals surface area contributed by atoms with Gasteiger partial charge in [-0.05, 0) is 38.1 Å². The van der Waals surface area contributed by atoms with Gasteiger partial charge < -0.3 is 15.6 Å². The third-order valence-corrected chi connectivity index (χ3v) is 4.30. The molecule has 1 aliphatic heterocycles. The number of benzene rings is 1. The number of nitrogens with one attached hydrogen (secondary N) is 1. The van der Waals surface area contributed by atoms with Crippen molar-refractivity contribution < 1.29 is 4.79 Å². The molecule has 1 atom stereocenters. The molecule has 3 N–H and O–H groups in total. The third kappa shape index (κ3) is 3.46. The van der Waals surface area contributed by atoms with Crippen LogP contribution in [0.1, 0.15) is 11.1 Å². The average Bonchev–Trinajstić information content (AvgIpc) is 2.85. The Hall–Kier alpha value is -2.11.